The van der Waals surface area contributed by atoms with E-state index in [1.54, 1.807) is 0 Å². The topological polar surface area (TPSA) is 29.3 Å². The number of hydrogen-bond acceptors (Lipinski definition) is 2. The van der Waals surface area contributed by atoms with Crippen molar-refractivity contribution in [1.82, 2.24) is 4.90 Å². The van der Waals surface area contributed by atoms with Crippen LogP contribution in [0.15, 0.2) is 24.3 Å². The third kappa shape index (κ3) is 2.58. The predicted molar refractivity (Wildman–Crippen MR) is 63.4 cm³/mol. The Morgan fingerprint density at radius 3 is 2.40 bits per heavy atom. The van der Waals surface area contributed by atoms with E-state index in [0.29, 0.717) is 6.04 Å². The van der Waals surface area contributed by atoms with Gasteiger partial charge in [0.25, 0.3) is 0 Å². The summed E-state index contributed by atoms with van der Waals surface area (Å²) < 4.78 is 0. The van der Waals surface area contributed by atoms with E-state index in [2.05, 4.69) is 36.1 Å². The van der Waals surface area contributed by atoms with E-state index in [1.165, 1.54) is 17.5 Å². The van der Waals surface area contributed by atoms with Crippen LogP contribution >= 0.6 is 0 Å². The van der Waals surface area contributed by atoms with Crippen molar-refractivity contribution in [3.8, 4) is 0 Å². The van der Waals surface area contributed by atoms with Crippen LogP contribution in [0, 0.1) is 0 Å². The maximum atomic E-state index is 6.06. The lowest BCUT2D eigenvalue weighted by molar-refractivity contribution is 0.260. The summed E-state index contributed by atoms with van der Waals surface area (Å²) in [6, 6.07) is 9.02. The van der Waals surface area contributed by atoms with Gasteiger partial charge in [-0.2, -0.15) is 0 Å². The smallest absolute Gasteiger partial charge is 0.0241 e. The van der Waals surface area contributed by atoms with Crippen molar-refractivity contribution < 1.29 is 0 Å². The Bertz CT molecular complexity index is 297. The number of fused-ring (bicyclic) bond motifs is 1. The molecule has 1 atom stereocenters. The molecular formula is C13H20N2. The summed E-state index contributed by atoms with van der Waals surface area (Å²) in [4.78, 5) is 2.45. The zero-order chi connectivity index (χ0) is 10.7. The van der Waals surface area contributed by atoms with Crippen LogP contribution in [0.2, 0.25) is 0 Å². The Morgan fingerprint density at radius 1 is 1.27 bits per heavy atom. The molecule has 1 aromatic rings. The SMILES string of the molecule is CCCC(N)CN1Cc2ccccc2C1. The van der Waals surface area contributed by atoms with Crippen molar-refractivity contribution in [1.29, 1.82) is 0 Å². The van der Waals surface area contributed by atoms with E-state index in [1.807, 2.05) is 0 Å². The molecule has 1 aliphatic rings. The van der Waals surface area contributed by atoms with Gasteiger partial charge in [0, 0.05) is 25.7 Å². The monoisotopic (exact) mass is 204 g/mol. The lowest BCUT2D eigenvalue weighted by Gasteiger charge is -2.19. The van der Waals surface area contributed by atoms with Crippen molar-refractivity contribution in [2.24, 2.45) is 5.73 Å². The van der Waals surface area contributed by atoms with Crippen LogP contribution in [0.1, 0.15) is 30.9 Å². The van der Waals surface area contributed by atoms with Crippen LogP contribution in [0.25, 0.3) is 0 Å². The van der Waals surface area contributed by atoms with Crippen molar-refractivity contribution in [2.75, 3.05) is 6.54 Å². The maximum Gasteiger partial charge on any atom is 0.0241 e. The summed E-state index contributed by atoms with van der Waals surface area (Å²) in [5.74, 6) is 0. The molecule has 1 aliphatic heterocycles. The van der Waals surface area contributed by atoms with Crippen molar-refractivity contribution >= 4 is 0 Å². The molecule has 2 N–H and O–H groups in total. The quantitative estimate of drug-likeness (QED) is 0.814. The van der Waals surface area contributed by atoms with Crippen molar-refractivity contribution in [3.05, 3.63) is 35.4 Å². The van der Waals surface area contributed by atoms with Gasteiger partial charge >= 0.3 is 0 Å². The summed E-state index contributed by atoms with van der Waals surface area (Å²) >= 11 is 0. The molecule has 2 heteroatoms. The molecule has 82 valence electrons. The molecule has 2 rings (SSSR count). The Morgan fingerprint density at radius 2 is 1.87 bits per heavy atom. The minimum atomic E-state index is 0.337. The minimum absolute atomic E-state index is 0.337. The Kier molecular flexibility index (Phi) is 3.39. The Labute approximate surface area is 92.1 Å². The average molecular weight is 204 g/mol. The highest BCUT2D eigenvalue weighted by molar-refractivity contribution is 5.30. The first kappa shape index (κ1) is 10.7. The number of benzene rings is 1. The Balaban J connectivity index is 1.90. The molecule has 1 unspecified atom stereocenters. The molecule has 0 fully saturated rings. The summed E-state index contributed by atoms with van der Waals surface area (Å²) in [5, 5.41) is 0. The van der Waals surface area contributed by atoms with Gasteiger partial charge in [-0.1, -0.05) is 37.6 Å². The summed E-state index contributed by atoms with van der Waals surface area (Å²) in [6.45, 7) is 5.38. The second kappa shape index (κ2) is 4.77. The van der Waals surface area contributed by atoms with Crippen LogP contribution in [0.5, 0.6) is 0 Å². The van der Waals surface area contributed by atoms with E-state index >= 15 is 0 Å². The molecular weight excluding hydrogens is 184 g/mol. The molecule has 15 heavy (non-hydrogen) atoms. The Hall–Kier alpha value is -0.860. The molecule has 1 aromatic carbocycles. The van der Waals surface area contributed by atoms with Gasteiger partial charge in [-0.25, -0.2) is 0 Å². The minimum Gasteiger partial charge on any atom is -0.327 e. The molecule has 0 radical (unpaired) electrons. The molecule has 2 nitrogen and oxygen atoms in total. The number of nitrogens with two attached hydrogens (primary N) is 1. The second-order valence-electron chi connectivity index (χ2n) is 4.49. The number of nitrogens with zero attached hydrogens (tertiary/aromatic N) is 1. The van der Waals surface area contributed by atoms with Gasteiger partial charge in [-0.05, 0) is 17.5 Å². The van der Waals surface area contributed by atoms with E-state index in [-0.39, 0.29) is 0 Å². The molecule has 0 saturated heterocycles. The van der Waals surface area contributed by atoms with Gasteiger partial charge in [0.1, 0.15) is 0 Å². The van der Waals surface area contributed by atoms with E-state index < -0.39 is 0 Å². The normalized spacial score (nSPS) is 17.7. The fraction of sp³-hybridized carbons (Fsp3) is 0.538. The van der Waals surface area contributed by atoms with Gasteiger partial charge in [0.15, 0.2) is 0 Å². The van der Waals surface area contributed by atoms with Gasteiger partial charge in [-0.15, -0.1) is 0 Å². The van der Waals surface area contributed by atoms with E-state index in [9.17, 15) is 0 Å². The van der Waals surface area contributed by atoms with E-state index in [4.69, 9.17) is 5.73 Å². The second-order valence-corrected chi connectivity index (χ2v) is 4.49. The van der Waals surface area contributed by atoms with Crippen LogP contribution in [0.4, 0.5) is 0 Å². The molecule has 0 bridgehead atoms. The van der Waals surface area contributed by atoms with Crippen LogP contribution < -0.4 is 5.73 Å². The third-order valence-electron chi connectivity index (χ3n) is 3.06. The summed E-state index contributed by atoms with van der Waals surface area (Å²) in [5.41, 5.74) is 9.00. The van der Waals surface area contributed by atoms with Gasteiger partial charge in [0.2, 0.25) is 0 Å². The predicted octanol–water partition coefficient (Wildman–Crippen LogP) is 2.13. The van der Waals surface area contributed by atoms with Gasteiger partial charge < -0.3 is 5.73 Å². The van der Waals surface area contributed by atoms with Crippen molar-refractivity contribution in [2.45, 2.75) is 38.9 Å². The number of rotatable bonds is 4. The number of hydrogen-bond donors (Lipinski definition) is 1. The third-order valence-corrected chi connectivity index (χ3v) is 3.06. The van der Waals surface area contributed by atoms with Gasteiger partial charge in [-0.3, -0.25) is 4.90 Å². The van der Waals surface area contributed by atoms with E-state index in [0.717, 1.165) is 26.1 Å². The van der Waals surface area contributed by atoms with Crippen LogP contribution in [-0.4, -0.2) is 17.5 Å². The van der Waals surface area contributed by atoms with Crippen LogP contribution in [-0.2, 0) is 13.1 Å². The molecule has 0 spiro atoms. The molecule has 0 saturated carbocycles. The maximum absolute atomic E-state index is 6.06. The standard InChI is InChI=1S/C13H20N2/c1-2-5-13(14)10-15-8-11-6-3-4-7-12(11)9-15/h3-4,6-7,13H,2,5,8-10,14H2,1H3. The van der Waals surface area contributed by atoms with Crippen LogP contribution in [0.3, 0.4) is 0 Å². The molecule has 0 aliphatic carbocycles. The summed E-state index contributed by atoms with van der Waals surface area (Å²) in [7, 11) is 0. The first-order valence-corrected chi connectivity index (χ1v) is 5.84. The fourth-order valence-corrected chi connectivity index (χ4v) is 2.33. The lowest BCUT2D eigenvalue weighted by atomic mass is 10.1. The largest absolute Gasteiger partial charge is 0.327 e. The highest BCUT2D eigenvalue weighted by Crippen LogP contribution is 2.22. The highest BCUT2D eigenvalue weighted by atomic mass is 15.1. The fourth-order valence-electron chi connectivity index (χ4n) is 2.33. The average Bonchev–Trinajstić information content (AvgIpc) is 2.59. The van der Waals surface area contributed by atoms with Gasteiger partial charge in [0.05, 0.1) is 0 Å². The zero-order valence-corrected chi connectivity index (χ0v) is 9.45. The first-order valence-electron chi connectivity index (χ1n) is 5.84. The highest BCUT2D eigenvalue weighted by Gasteiger charge is 2.19. The summed E-state index contributed by atoms with van der Waals surface area (Å²) in [6.07, 6.45) is 2.31. The molecule has 0 amide bonds. The van der Waals surface area contributed by atoms with Crippen molar-refractivity contribution in [3.63, 3.8) is 0 Å². The zero-order valence-electron chi connectivity index (χ0n) is 9.45. The molecule has 0 aromatic heterocycles. The molecule has 1 heterocycles. The lowest BCUT2D eigenvalue weighted by Crippen LogP contribution is -2.34. The first-order chi connectivity index (χ1) is 7.29.